The molecular formula is C9H19N5. The Balaban J connectivity index is 2.21. The summed E-state index contributed by atoms with van der Waals surface area (Å²) in [4.78, 5) is 0. The molecule has 0 radical (unpaired) electrons. The van der Waals surface area contributed by atoms with Gasteiger partial charge in [-0.15, -0.1) is 0 Å². The molecule has 0 aliphatic heterocycles. The van der Waals surface area contributed by atoms with Crippen molar-refractivity contribution in [2.45, 2.75) is 38.1 Å². The molecule has 1 saturated carbocycles. The molecule has 0 atom stereocenters. The molecule has 0 unspecified atom stereocenters. The highest BCUT2D eigenvalue weighted by Gasteiger charge is 2.13. The van der Waals surface area contributed by atoms with E-state index in [9.17, 15) is 0 Å². The third-order valence-corrected chi connectivity index (χ3v) is 2.45. The molecule has 0 bridgehead atoms. The van der Waals surface area contributed by atoms with Crippen LogP contribution < -0.4 is 16.0 Å². The Morgan fingerprint density at radius 1 is 1.07 bits per heavy atom. The average molecular weight is 197 g/mol. The fourth-order valence-electron chi connectivity index (χ4n) is 1.67. The highest BCUT2D eigenvalue weighted by atomic mass is 15.2. The van der Waals surface area contributed by atoms with Crippen molar-refractivity contribution >= 4 is 11.9 Å². The molecule has 1 aliphatic rings. The summed E-state index contributed by atoms with van der Waals surface area (Å²) in [5.41, 5.74) is 0. The zero-order valence-electron chi connectivity index (χ0n) is 8.61. The molecule has 80 valence electrons. The molecule has 5 heteroatoms. The maximum Gasteiger partial charge on any atom is 0.195 e. The SMILES string of the molecule is CNC(=N)NC(=N)NC1CCCCC1. The zero-order chi connectivity index (χ0) is 10.4. The Labute approximate surface area is 84.7 Å². The van der Waals surface area contributed by atoms with Crippen LogP contribution in [0.2, 0.25) is 0 Å². The van der Waals surface area contributed by atoms with E-state index >= 15 is 0 Å². The Bertz CT molecular complexity index is 207. The maximum absolute atomic E-state index is 7.56. The Morgan fingerprint density at radius 3 is 2.29 bits per heavy atom. The molecule has 0 amide bonds. The quantitative estimate of drug-likeness (QED) is 0.315. The summed E-state index contributed by atoms with van der Waals surface area (Å²) < 4.78 is 0. The van der Waals surface area contributed by atoms with Crippen LogP contribution in [0.15, 0.2) is 0 Å². The van der Waals surface area contributed by atoms with E-state index < -0.39 is 0 Å². The molecule has 14 heavy (non-hydrogen) atoms. The first-order valence-electron chi connectivity index (χ1n) is 5.11. The van der Waals surface area contributed by atoms with Crippen LogP contribution in [-0.4, -0.2) is 25.0 Å². The summed E-state index contributed by atoms with van der Waals surface area (Å²) in [5, 5.41) is 23.2. The lowest BCUT2D eigenvalue weighted by Gasteiger charge is -2.24. The van der Waals surface area contributed by atoms with Gasteiger partial charge in [0.05, 0.1) is 0 Å². The van der Waals surface area contributed by atoms with Gasteiger partial charge in [-0.2, -0.15) is 0 Å². The summed E-state index contributed by atoms with van der Waals surface area (Å²) in [5.74, 6) is 0.370. The van der Waals surface area contributed by atoms with Gasteiger partial charge in [-0.1, -0.05) is 19.3 Å². The fraction of sp³-hybridized carbons (Fsp3) is 0.778. The first-order chi connectivity index (χ1) is 6.72. The van der Waals surface area contributed by atoms with Crippen LogP contribution >= 0.6 is 0 Å². The normalized spacial score (nSPS) is 17.2. The molecule has 1 aliphatic carbocycles. The third-order valence-electron chi connectivity index (χ3n) is 2.45. The van der Waals surface area contributed by atoms with Crippen LogP contribution in [0.25, 0.3) is 0 Å². The van der Waals surface area contributed by atoms with Gasteiger partial charge in [0.1, 0.15) is 0 Å². The number of rotatable bonds is 1. The van der Waals surface area contributed by atoms with Crippen LogP contribution in [0.4, 0.5) is 0 Å². The number of hydrogen-bond acceptors (Lipinski definition) is 2. The van der Waals surface area contributed by atoms with Gasteiger partial charge in [-0.3, -0.25) is 16.1 Å². The first-order valence-corrected chi connectivity index (χ1v) is 5.11. The zero-order valence-corrected chi connectivity index (χ0v) is 8.61. The van der Waals surface area contributed by atoms with Crippen molar-refractivity contribution in [3.63, 3.8) is 0 Å². The van der Waals surface area contributed by atoms with Crippen LogP contribution in [-0.2, 0) is 0 Å². The van der Waals surface area contributed by atoms with Crippen LogP contribution in [0.5, 0.6) is 0 Å². The summed E-state index contributed by atoms with van der Waals surface area (Å²) in [6, 6.07) is 0.411. The highest BCUT2D eigenvalue weighted by molar-refractivity contribution is 5.95. The van der Waals surface area contributed by atoms with Gasteiger partial charge in [0.25, 0.3) is 0 Å². The Morgan fingerprint density at radius 2 is 1.71 bits per heavy atom. The fourth-order valence-corrected chi connectivity index (χ4v) is 1.67. The van der Waals surface area contributed by atoms with Crippen molar-refractivity contribution in [2.75, 3.05) is 7.05 Å². The monoisotopic (exact) mass is 197 g/mol. The second-order valence-corrected chi connectivity index (χ2v) is 3.60. The average Bonchev–Trinajstić information content (AvgIpc) is 2.19. The molecule has 0 heterocycles. The molecule has 0 aromatic heterocycles. The molecule has 5 nitrogen and oxygen atoms in total. The summed E-state index contributed by atoms with van der Waals surface area (Å²) in [6.45, 7) is 0. The second-order valence-electron chi connectivity index (χ2n) is 3.60. The van der Waals surface area contributed by atoms with Gasteiger partial charge in [-0.05, 0) is 12.8 Å². The van der Waals surface area contributed by atoms with Crippen molar-refractivity contribution in [1.29, 1.82) is 10.8 Å². The van der Waals surface area contributed by atoms with Gasteiger partial charge >= 0.3 is 0 Å². The van der Waals surface area contributed by atoms with Gasteiger partial charge in [0, 0.05) is 13.1 Å². The van der Waals surface area contributed by atoms with Gasteiger partial charge in [0.2, 0.25) is 0 Å². The summed E-state index contributed by atoms with van der Waals surface area (Å²) >= 11 is 0. The van der Waals surface area contributed by atoms with E-state index in [-0.39, 0.29) is 11.9 Å². The first kappa shape index (κ1) is 10.8. The van der Waals surface area contributed by atoms with Crippen LogP contribution in [0.1, 0.15) is 32.1 Å². The standard InChI is InChI=1S/C9H19N5/c1-12-8(10)14-9(11)13-7-5-3-2-4-6-7/h7H,2-6H2,1H3,(H5,10,11,12,13,14). The van der Waals surface area contributed by atoms with Crippen molar-refractivity contribution in [1.82, 2.24) is 16.0 Å². The number of guanidine groups is 2. The van der Waals surface area contributed by atoms with E-state index in [0.29, 0.717) is 6.04 Å². The van der Waals surface area contributed by atoms with E-state index in [4.69, 9.17) is 10.8 Å². The molecular weight excluding hydrogens is 178 g/mol. The smallest absolute Gasteiger partial charge is 0.195 e. The third kappa shape index (κ3) is 3.64. The highest BCUT2D eigenvalue weighted by Crippen LogP contribution is 2.16. The van der Waals surface area contributed by atoms with E-state index in [1.807, 2.05) is 0 Å². The van der Waals surface area contributed by atoms with E-state index in [1.54, 1.807) is 7.05 Å². The molecule has 0 saturated heterocycles. The number of hydrogen-bond donors (Lipinski definition) is 5. The number of nitrogens with one attached hydrogen (secondary N) is 5. The largest absolute Gasteiger partial charge is 0.359 e. The second kappa shape index (κ2) is 5.47. The van der Waals surface area contributed by atoms with Gasteiger partial charge in [-0.25, -0.2) is 0 Å². The van der Waals surface area contributed by atoms with Gasteiger partial charge < -0.3 is 10.6 Å². The minimum absolute atomic E-state index is 0.151. The van der Waals surface area contributed by atoms with Crippen molar-refractivity contribution in [2.24, 2.45) is 0 Å². The van der Waals surface area contributed by atoms with Crippen LogP contribution in [0.3, 0.4) is 0 Å². The predicted molar refractivity (Wildman–Crippen MR) is 57.7 cm³/mol. The van der Waals surface area contributed by atoms with E-state index in [1.165, 1.54) is 19.3 Å². The molecule has 5 N–H and O–H groups in total. The molecule has 0 spiro atoms. The lowest BCUT2D eigenvalue weighted by molar-refractivity contribution is 0.411. The molecule has 1 fully saturated rings. The predicted octanol–water partition coefficient (Wildman–Crippen LogP) is 0.587. The minimum Gasteiger partial charge on any atom is -0.359 e. The minimum atomic E-state index is 0.151. The summed E-state index contributed by atoms with van der Waals surface area (Å²) in [6.07, 6.45) is 6.07. The summed E-state index contributed by atoms with van der Waals surface area (Å²) in [7, 11) is 1.66. The van der Waals surface area contributed by atoms with E-state index in [0.717, 1.165) is 12.8 Å². The van der Waals surface area contributed by atoms with Crippen molar-refractivity contribution < 1.29 is 0 Å². The van der Waals surface area contributed by atoms with Crippen molar-refractivity contribution in [3.05, 3.63) is 0 Å². The molecule has 0 aromatic carbocycles. The Kier molecular flexibility index (Phi) is 4.22. The van der Waals surface area contributed by atoms with E-state index in [2.05, 4.69) is 16.0 Å². The molecule has 0 aromatic rings. The Hall–Kier alpha value is -1.26. The van der Waals surface area contributed by atoms with Crippen molar-refractivity contribution in [3.8, 4) is 0 Å². The topological polar surface area (TPSA) is 83.8 Å². The van der Waals surface area contributed by atoms with Gasteiger partial charge in [0.15, 0.2) is 11.9 Å². The lowest BCUT2D eigenvalue weighted by atomic mass is 9.96. The van der Waals surface area contributed by atoms with Crippen LogP contribution in [0, 0.1) is 10.8 Å². The lowest BCUT2D eigenvalue weighted by Crippen LogP contribution is -2.48. The maximum atomic E-state index is 7.56. The molecule has 1 rings (SSSR count).